The average molecular weight is 485 g/mol. The summed E-state index contributed by atoms with van der Waals surface area (Å²) in [6, 6.07) is 18.4. The number of nitrogens with one attached hydrogen (secondary N) is 2. The minimum atomic E-state index is -0.967. The fraction of sp³-hybridized carbons (Fsp3) is 0.222. The molecule has 1 fully saturated rings. The van der Waals surface area contributed by atoms with Gasteiger partial charge in [0.1, 0.15) is 17.9 Å². The van der Waals surface area contributed by atoms with E-state index < -0.39 is 42.2 Å². The van der Waals surface area contributed by atoms with Crippen LogP contribution in [0.25, 0.3) is 32.3 Å². The Bertz CT molecular complexity index is 1720. The van der Waals surface area contributed by atoms with Crippen molar-refractivity contribution in [1.29, 1.82) is 0 Å². The number of carbonyl (C=O) groups is 1. The predicted molar refractivity (Wildman–Crippen MR) is 134 cm³/mol. The number of amides is 1. The van der Waals surface area contributed by atoms with E-state index in [2.05, 4.69) is 40.6 Å². The Morgan fingerprint density at radius 1 is 1.03 bits per heavy atom. The Morgan fingerprint density at radius 2 is 1.72 bits per heavy atom. The van der Waals surface area contributed by atoms with Gasteiger partial charge in [-0.15, -0.1) is 0 Å². The van der Waals surface area contributed by atoms with Crippen LogP contribution in [0.2, 0.25) is 0 Å². The molecule has 9 heteroatoms. The summed E-state index contributed by atoms with van der Waals surface area (Å²) in [6.45, 7) is -0.237. The number of aromatic amines is 1. The van der Waals surface area contributed by atoms with Gasteiger partial charge in [-0.3, -0.25) is 19.1 Å². The highest BCUT2D eigenvalue weighted by molar-refractivity contribution is 6.23. The SMILES string of the molecule is O=C(NCc1ccc2ccc3cccc4ccc1c2c34)c1cn([C@H]2C[C@H](O)[C@@H](CO)O2)c(=O)[nH]c1=O. The van der Waals surface area contributed by atoms with E-state index in [-0.39, 0.29) is 18.5 Å². The second-order valence-electron chi connectivity index (χ2n) is 9.09. The van der Waals surface area contributed by atoms with E-state index in [0.717, 1.165) is 43.3 Å². The first-order valence-corrected chi connectivity index (χ1v) is 11.7. The second kappa shape index (κ2) is 8.56. The zero-order chi connectivity index (χ0) is 25.0. The number of hydrogen-bond donors (Lipinski definition) is 4. The molecule has 9 nitrogen and oxygen atoms in total. The molecule has 1 saturated heterocycles. The summed E-state index contributed by atoms with van der Waals surface area (Å²) in [4.78, 5) is 39.9. The van der Waals surface area contributed by atoms with Crippen LogP contribution in [0.3, 0.4) is 0 Å². The van der Waals surface area contributed by atoms with E-state index in [1.807, 2.05) is 24.3 Å². The maximum atomic E-state index is 13.0. The van der Waals surface area contributed by atoms with Gasteiger partial charge in [0, 0.05) is 19.2 Å². The normalized spacial score (nSPS) is 20.0. The Balaban J connectivity index is 1.31. The van der Waals surface area contributed by atoms with Gasteiger partial charge in [-0.05, 0) is 37.9 Å². The Kier molecular flexibility index (Phi) is 5.33. The minimum absolute atomic E-state index is 0.0426. The molecule has 1 aromatic heterocycles. The van der Waals surface area contributed by atoms with Crippen LogP contribution in [0, 0.1) is 0 Å². The van der Waals surface area contributed by atoms with Crippen molar-refractivity contribution in [2.75, 3.05) is 6.61 Å². The van der Waals surface area contributed by atoms with E-state index in [9.17, 15) is 24.6 Å². The van der Waals surface area contributed by atoms with Crippen LogP contribution in [0.5, 0.6) is 0 Å². The molecule has 4 aromatic carbocycles. The van der Waals surface area contributed by atoms with Crippen molar-refractivity contribution in [2.24, 2.45) is 0 Å². The number of carbonyl (C=O) groups excluding carboxylic acids is 1. The number of aromatic nitrogens is 2. The lowest BCUT2D eigenvalue weighted by molar-refractivity contribution is -0.0459. The smallest absolute Gasteiger partial charge is 0.330 e. The molecule has 0 bridgehead atoms. The lowest BCUT2D eigenvalue weighted by Gasteiger charge is -2.16. The third-order valence-electron chi connectivity index (χ3n) is 6.97. The summed E-state index contributed by atoms with van der Waals surface area (Å²) in [5.41, 5.74) is -0.940. The lowest BCUT2D eigenvalue weighted by Crippen LogP contribution is -2.38. The standard InChI is InChI=1S/C27H23N3O6/c31-13-21-20(32)10-22(36-21)30-12-19(26(34)29-27(30)35)25(33)28-11-17-7-6-16-5-4-14-2-1-3-15-8-9-18(17)24(16)23(14)15/h1-9,12,20-22,31-32H,10-11,13H2,(H,28,33)(H,29,34,35)/t20-,21+,22+/m0/s1. The van der Waals surface area contributed by atoms with E-state index >= 15 is 0 Å². The van der Waals surface area contributed by atoms with Gasteiger partial charge in [0.15, 0.2) is 0 Å². The predicted octanol–water partition coefficient (Wildman–Crippen LogP) is 2.00. The fourth-order valence-electron chi connectivity index (χ4n) is 5.13. The summed E-state index contributed by atoms with van der Waals surface area (Å²) in [6.07, 6.45) is -1.55. The molecule has 0 unspecified atom stereocenters. The molecular weight excluding hydrogens is 462 g/mol. The molecule has 0 aliphatic carbocycles. The van der Waals surface area contributed by atoms with Crippen molar-refractivity contribution in [3.05, 3.63) is 92.8 Å². The Labute approximate surface area is 203 Å². The average Bonchev–Trinajstić information content (AvgIpc) is 3.26. The van der Waals surface area contributed by atoms with Gasteiger partial charge in [-0.1, -0.05) is 54.6 Å². The maximum absolute atomic E-state index is 13.0. The van der Waals surface area contributed by atoms with E-state index in [1.54, 1.807) is 0 Å². The molecule has 2 heterocycles. The fourth-order valence-corrected chi connectivity index (χ4v) is 5.13. The quantitative estimate of drug-likeness (QED) is 0.282. The largest absolute Gasteiger partial charge is 0.394 e. The molecule has 0 radical (unpaired) electrons. The second-order valence-corrected chi connectivity index (χ2v) is 9.09. The summed E-state index contributed by atoms with van der Waals surface area (Å²) in [7, 11) is 0. The number of H-pyrrole nitrogens is 1. The molecule has 1 aliphatic rings. The molecule has 0 spiro atoms. The van der Waals surface area contributed by atoms with Gasteiger partial charge in [-0.25, -0.2) is 4.79 Å². The highest BCUT2D eigenvalue weighted by Crippen LogP contribution is 2.35. The van der Waals surface area contributed by atoms with Crippen LogP contribution < -0.4 is 16.6 Å². The molecule has 1 amide bonds. The third kappa shape index (κ3) is 3.56. The van der Waals surface area contributed by atoms with Gasteiger partial charge < -0.3 is 20.3 Å². The van der Waals surface area contributed by atoms with Gasteiger partial charge in [0.2, 0.25) is 0 Å². The molecule has 6 rings (SSSR count). The van der Waals surface area contributed by atoms with E-state index in [1.165, 1.54) is 5.39 Å². The number of rotatable bonds is 5. The van der Waals surface area contributed by atoms with Crippen LogP contribution in [0.4, 0.5) is 0 Å². The highest BCUT2D eigenvalue weighted by Gasteiger charge is 2.35. The number of nitrogens with zero attached hydrogens (tertiary/aromatic N) is 1. The van der Waals surface area contributed by atoms with E-state index in [4.69, 9.17) is 4.74 Å². The molecule has 182 valence electrons. The Hall–Kier alpha value is -4.05. The summed E-state index contributed by atoms with van der Waals surface area (Å²) >= 11 is 0. The van der Waals surface area contributed by atoms with Gasteiger partial charge >= 0.3 is 5.69 Å². The molecule has 4 N–H and O–H groups in total. The number of aliphatic hydroxyl groups excluding tert-OH is 2. The molecular formula is C27H23N3O6. The number of aliphatic hydroxyl groups is 2. The first-order chi connectivity index (χ1) is 17.4. The number of hydrogen-bond acceptors (Lipinski definition) is 6. The van der Waals surface area contributed by atoms with Gasteiger partial charge in [0.05, 0.1) is 12.7 Å². The number of ether oxygens (including phenoxy) is 1. The lowest BCUT2D eigenvalue weighted by atomic mass is 9.92. The van der Waals surface area contributed by atoms with Crippen LogP contribution in [0.1, 0.15) is 28.6 Å². The van der Waals surface area contributed by atoms with Crippen molar-refractivity contribution in [3.63, 3.8) is 0 Å². The van der Waals surface area contributed by atoms with Crippen molar-refractivity contribution < 1.29 is 19.7 Å². The van der Waals surface area contributed by atoms with Crippen molar-refractivity contribution >= 4 is 38.2 Å². The zero-order valence-electron chi connectivity index (χ0n) is 19.1. The third-order valence-corrected chi connectivity index (χ3v) is 6.97. The van der Waals surface area contributed by atoms with Crippen molar-refractivity contribution in [3.8, 4) is 0 Å². The summed E-state index contributed by atoms with van der Waals surface area (Å²) in [5.74, 6) is -0.645. The summed E-state index contributed by atoms with van der Waals surface area (Å²) in [5, 5.41) is 28.8. The summed E-state index contributed by atoms with van der Waals surface area (Å²) < 4.78 is 6.57. The molecule has 5 aromatic rings. The zero-order valence-corrected chi connectivity index (χ0v) is 19.1. The van der Waals surface area contributed by atoms with Gasteiger partial charge in [-0.2, -0.15) is 0 Å². The van der Waals surface area contributed by atoms with Crippen LogP contribution in [-0.2, 0) is 11.3 Å². The monoisotopic (exact) mass is 485 g/mol. The van der Waals surface area contributed by atoms with Gasteiger partial charge in [0.25, 0.3) is 11.5 Å². The van der Waals surface area contributed by atoms with Crippen molar-refractivity contribution in [1.82, 2.24) is 14.9 Å². The first kappa shape index (κ1) is 22.4. The first-order valence-electron chi connectivity index (χ1n) is 11.7. The highest BCUT2D eigenvalue weighted by atomic mass is 16.5. The molecule has 1 aliphatic heterocycles. The maximum Gasteiger partial charge on any atom is 0.330 e. The van der Waals surface area contributed by atoms with Crippen LogP contribution in [-0.4, -0.2) is 44.5 Å². The van der Waals surface area contributed by atoms with E-state index in [0.29, 0.717) is 0 Å². The van der Waals surface area contributed by atoms with Crippen LogP contribution >= 0.6 is 0 Å². The molecule has 36 heavy (non-hydrogen) atoms. The Morgan fingerprint density at radius 3 is 2.44 bits per heavy atom. The topological polar surface area (TPSA) is 134 Å². The minimum Gasteiger partial charge on any atom is -0.394 e. The molecule has 3 atom stereocenters. The number of benzene rings is 4. The molecule has 0 saturated carbocycles. The van der Waals surface area contributed by atoms with Crippen molar-refractivity contribution in [2.45, 2.75) is 31.4 Å². The van der Waals surface area contributed by atoms with Crippen LogP contribution in [0.15, 0.2) is 70.4 Å².